The maximum absolute atomic E-state index is 13.1. The van der Waals surface area contributed by atoms with Gasteiger partial charge in [-0.2, -0.15) is 0 Å². The minimum Gasteiger partial charge on any atom is -0.507 e. The van der Waals surface area contributed by atoms with Crippen LogP contribution in [0.2, 0.25) is 0 Å². The van der Waals surface area contributed by atoms with Crippen molar-refractivity contribution in [3.05, 3.63) is 62.9 Å². The fourth-order valence-electron chi connectivity index (χ4n) is 3.73. The number of thiophene rings is 1. The van der Waals surface area contributed by atoms with Crippen molar-refractivity contribution >= 4 is 28.8 Å². The van der Waals surface area contributed by atoms with Gasteiger partial charge in [0.15, 0.2) is 0 Å². The van der Waals surface area contributed by atoms with Crippen LogP contribution in [0.4, 0.5) is 0 Å². The minimum absolute atomic E-state index is 0.0276. The number of aliphatic hydroxyl groups excluding tert-OH is 1. The first-order chi connectivity index (χ1) is 14.5. The van der Waals surface area contributed by atoms with Gasteiger partial charge in [0.1, 0.15) is 5.76 Å². The van der Waals surface area contributed by atoms with Gasteiger partial charge in [0.25, 0.3) is 11.7 Å². The molecule has 6 heteroatoms. The van der Waals surface area contributed by atoms with Crippen LogP contribution in [-0.4, -0.2) is 41.0 Å². The Balaban J connectivity index is 2.12. The first kappa shape index (κ1) is 23.2. The highest BCUT2D eigenvalue weighted by Gasteiger charge is 2.46. The molecule has 0 bridgehead atoms. The fourth-order valence-corrected chi connectivity index (χ4v) is 4.57. The van der Waals surface area contributed by atoms with E-state index >= 15 is 0 Å². The monoisotopic (exact) mass is 441 g/mol. The summed E-state index contributed by atoms with van der Waals surface area (Å²) in [7, 11) is 0. The maximum atomic E-state index is 13.1. The molecule has 1 aliphatic heterocycles. The summed E-state index contributed by atoms with van der Waals surface area (Å²) in [5.41, 5.74) is 2.52. The van der Waals surface area contributed by atoms with E-state index in [2.05, 4.69) is 20.8 Å². The Labute approximate surface area is 188 Å². The molecule has 0 saturated carbocycles. The van der Waals surface area contributed by atoms with E-state index in [0.29, 0.717) is 12.2 Å². The number of ether oxygens (including phenoxy) is 1. The smallest absolute Gasteiger partial charge is 0.295 e. The van der Waals surface area contributed by atoms with Crippen LogP contribution in [0.25, 0.3) is 5.76 Å². The van der Waals surface area contributed by atoms with Crippen LogP contribution in [-0.2, 0) is 19.7 Å². The van der Waals surface area contributed by atoms with E-state index in [1.807, 2.05) is 56.5 Å². The van der Waals surface area contributed by atoms with Crippen LogP contribution < -0.4 is 0 Å². The number of ketones is 1. The number of hydrogen-bond donors (Lipinski definition) is 1. The lowest BCUT2D eigenvalue weighted by Gasteiger charge is -2.25. The zero-order valence-electron chi connectivity index (χ0n) is 19.1. The number of Topliss-reactive ketones (excluding diaryl/α,β-unsaturated/α-hetero) is 1. The second kappa shape index (κ2) is 8.97. The van der Waals surface area contributed by atoms with Crippen molar-refractivity contribution in [3.8, 4) is 0 Å². The topological polar surface area (TPSA) is 66.8 Å². The van der Waals surface area contributed by atoms with Gasteiger partial charge < -0.3 is 14.7 Å². The quantitative estimate of drug-likeness (QED) is 0.380. The summed E-state index contributed by atoms with van der Waals surface area (Å²) in [4.78, 5) is 28.4. The molecule has 3 rings (SSSR count). The maximum Gasteiger partial charge on any atom is 0.295 e. The molecule has 2 heterocycles. The third-order valence-corrected chi connectivity index (χ3v) is 6.42. The highest BCUT2D eigenvalue weighted by molar-refractivity contribution is 7.10. The second-order valence-corrected chi connectivity index (χ2v) is 10.2. The number of carbonyl (C=O) groups excluding carboxylic acids is 2. The molecule has 5 nitrogen and oxygen atoms in total. The van der Waals surface area contributed by atoms with Gasteiger partial charge in [-0.05, 0) is 54.8 Å². The lowest BCUT2D eigenvalue weighted by atomic mass is 9.84. The normalized spacial score (nSPS) is 18.9. The Morgan fingerprint density at radius 1 is 1.23 bits per heavy atom. The Bertz CT molecular complexity index is 999. The number of amides is 1. The number of nitrogens with zero attached hydrogens (tertiary/aromatic N) is 1. The Kier molecular flexibility index (Phi) is 6.72. The van der Waals surface area contributed by atoms with Crippen molar-refractivity contribution in [1.29, 1.82) is 0 Å². The van der Waals surface area contributed by atoms with Crippen molar-refractivity contribution in [2.75, 3.05) is 13.2 Å². The molecule has 1 atom stereocenters. The van der Waals surface area contributed by atoms with Gasteiger partial charge in [0.05, 0.1) is 24.3 Å². The predicted molar refractivity (Wildman–Crippen MR) is 124 cm³/mol. The average molecular weight is 442 g/mol. The first-order valence-corrected chi connectivity index (χ1v) is 11.4. The van der Waals surface area contributed by atoms with Crippen LogP contribution in [0.1, 0.15) is 62.2 Å². The van der Waals surface area contributed by atoms with Gasteiger partial charge in [-0.1, -0.05) is 39.0 Å². The van der Waals surface area contributed by atoms with E-state index in [1.54, 1.807) is 0 Å². The molecule has 1 saturated heterocycles. The molecule has 1 aromatic carbocycles. The van der Waals surface area contributed by atoms with Gasteiger partial charge in [0, 0.05) is 17.0 Å². The predicted octanol–water partition coefficient (Wildman–Crippen LogP) is 5.20. The third-order valence-electron chi connectivity index (χ3n) is 5.49. The molecule has 1 unspecified atom stereocenters. The van der Waals surface area contributed by atoms with Gasteiger partial charge in [0.2, 0.25) is 0 Å². The van der Waals surface area contributed by atoms with E-state index in [0.717, 1.165) is 16.0 Å². The Hall–Kier alpha value is -2.44. The minimum atomic E-state index is -0.652. The number of carbonyl (C=O) groups is 2. The number of hydrogen-bond acceptors (Lipinski definition) is 5. The molecular formula is C25H31NO4S. The highest BCUT2D eigenvalue weighted by atomic mass is 32.1. The van der Waals surface area contributed by atoms with Crippen molar-refractivity contribution in [3.63, 3.8) is 0 Å². The summed E-state index contributed by atoms with van der Waals surface area (Å²) >= 11 is 1.46. The largest absolute Gasteiger partial charge is 0.507 e. The summed E-state index contributed by atoms with van der Waals surface area (Å²) in [5.74, 6) is -1.37. The number of aryl methyl sites for hydroxylation is 1. The molecule has 1 N–H and O–H groups in total. The summed E-state index contributed by atoms with van der Waals surface area (Å²) in [6.45, 7) is 12.6. The summed E-state index contributed by atoms with van der Waals surface area (Å²) in [5, 5.41) is 13.2. The summed E-state index contributed by atoms with van der Waals surface area (Å²) in [6, 6.07) is 9.06. The second-order valence-electron chi connectivity index (χ2n) is 9.21. The van der Waals surface area contributed by atoms with E-state index in [4.69, 9.17) is 4.74 Å². The number of aliphatic hydroxyl groups is 1. The fraction of sp³-hybridized carbons (Fsp3) is 0.440. The molecule has 1 aliphatic rings. The van der Waals surface area contributed by atoms with Crippen molar-refractivity contribution in [1.82, 2.24) is 4.90 Å². The van der Waals surface area contributed by atoms with Crippen LogP contribution in [0.5, 0.6) is 0 Å². The zero-order chi connectivity index (χ0) is 22.9. The van der Waals surface area contributed by atoms with Crippen LogP contribution in [0.15, 0.2) is 41.3 Å². The molecule has 2 aromatic rings. The number of likely N-dealkylation sites (tertiary alicyclic amines) is 1. The number of benzene rings is 1. The van der Waals surface area contributed by atoms with Crippen molar-refractivity contribution < 1.29 is 19.4 Å². The van der Waals surface area contributed by atoms with Crippen molar-refractivity contribution in [2.45, 2.75) is 59.1 Å². The highest BCUT2D eigenvalue weighted by Crippen LogP contribution is 2.41. The van der Waals surface area contributed by atoms with E-state index in [1.165, 1.54) is 16.2 Å². The van der Waals surface area contributed by atoms with E-state index in [9.17, 15) is 14.7 Å². The lowest BCUT2D eigenvalue weighted by molar-refractivity contribution is -0.140. The Morgan fingerprint density at radius 2 is 1.94 bits per heavy atom. The van der Waals surface area contributed by atoms with Gasteiger partial charge >= 0.3 is 0 Å². The van der Waals surface area contributed by atoms with Gasteiger partial charge in [-0.3, -0.25) is 9.59 Å². The van der Waals surface area contributed by atoms with Crippen LogP contribution in [0, 0.1) is 6.92 Å². The van der Waals surface area contributed by atoms with E-state index in [-0.39, 0.29) is 29.4 Å². The first-order valence-electron chi connectivity index (χ1n) is 10.6. The van der Waals surface area contributed by atoms with Crippen LogP contribution >= 0.6 is 11.3 Å². The zero-order valence-corrected chi connectivity index (χ0v) is 19.9. The van der Waals surface area contributed by atoms with Crippen molar-refractivity contribution in [2.24, 2.45) is 0 Å². The molecule has 0 radical (unpaired) electrons. The molecule has 0 spiro atoms. The lowest BCUT2D eigenvalue weighted by Crippen LogP contribution is -2.33. The van der Waals surface area contributed by atoms with Gasteiger partial charge in [-0.15, -0.1) is 11.3 Å². The average Bonchev–Trinajstić information content (AvgIpc) is 3.29. The van der Waals surface area contributed by atoms with Crippen LogP contribution in [0.3, 0.4) is 0 Å². The Morgan fingerprint density at radius 3 is 2.52 bits per heavy atom. The molecule has 31 heavy (non-hydrogen) atoms. The van der Waals surface area contributed by atoms with E-state index < -0.39 is 17.7 Å². The molecule has 0 aliphatic carbocycles. The van der Waals surface area contributed by atoms with Gasteiger partial charge in [-0.25, -0.2) is 0 Å². The third kappa shape index (κ3) is 4.75. The SMILES string of the molecule is Cc1ccc(C(C)(C)C)cc1/C(O)=C1\C(=O)C(=O)N(CCOC(C)C)C1c1cccs1. The molecule has 1 amide bonds. The molecule has 1 fully saturated rings. The standard InChI is InChI=1S/C25H31NO4S/c1-15(2)30-12-11-26-21(19-8-7-13-31-19)20(23(28)24(26)29)22(27)18-14-17(25(4,5)6)10-9-16(18)3/h7-10,13-15,21,27H,11-12H2,1-6H3/b22-20+. The molecular weight excluding hydrogens is 410 g/mol. The molecule has 1 aromatic heterocycles. The summed E-state index contributed by atoms with van der Waals surface area (Å²) < 4.78 is 5.63. The number of rotatable bonds is 6. The summed E-state index contributed by atoms with van der Waals surface area (Å²) in [6.07, 6.45) is 0.0276. The molecule has 166 valence electrons.